The molecule has 2 heteroatoms. The summed E-state index contributed by atoms with van der Waals surface area (Å²) in [6, 6.07) is 27.3. The van der Waals surface area contributed by atoms with E-state index in [1.165, 1.54) is 12.1 Å². The average molecular weight is 326 g/mol. The molecule has 0 aliphatic carbocycles. The van der Waals surface area contributed by atoms with E-state index >= 15 is 0 Å². The lowest BCUT2D eigenvalue weighted by molar-refractivity contribution is 0.104. The average Bonchev–Trinajstić information content (AvgIpc) is 2.68. The molecule has 4 aromatic carbocycles. The van der Waals surface area contributed by atoms with Gasteiger partial charge in [-0.05, 0) is 34.0 Å². The molecule has 0 N–H and O–H groups in total. The Bertz CT molecular complexity index is 1050. The van der Waals surface area contributed by atoms with E-state index in [9.17, 15) is 9.18 Å². The lowest BCUT2D eigenvalue weighted by Crippen LogP contribution is -2.04. The number of ketones is 1. The summed E-state index contributed by atoms with van der Waals surface area (Å²) in [5, 5.41) is 1.91. The van der Waals surface area contributed by atoms with E-state index in [1.54, 1.807) is 12.1 Å². The minimum atomic E-state index is -0.291. The number of carbonyl (C=O) groups is 1. The summed E-state index contributed by atoms with van der Waals surface area (Å²) in [4.78, 5) is 13.2. The smallest absolute Gasteiger partial charge is 0.194 e. The van der Waals surface area contributed by atoms with Gasteiger partial charge < -0.3 is 0 Å². The predicted octanol–water partition coefficient (Wildman–Crippen LogP) is 5.88. The summed E-state index contributed by atoms with van der Waals surface area (Å²) in [6.07, 6.45) is 0. The van der Waals surface area contributed by atoms with Crippen LogP contribution in [0.5, 0.6) is 0 Å². The number of rotatable bonds is 3. The van der Waals surface area contributed by atoms with Crippen LogP contribution in [-0.2, 0) is 0 Å². The topological polar surface area (TPSA) is 17.1 Å². The van der Waals surface area contributed by atoms with Crippen molar-refractivity contribution in [2.24, 2.45) is 0 Å². The van der Waals surface area contributed by atoms with Gasteiger partial charge in [-0.25, -0.2) is 4.39 Å². The summed E-state index contributed by atoms with van der Waals surface area (Å²) >= 11 is 0. The second-order valence-electron chi connectivity index (χ2n) is 5.91. The Morgan fingerprint density at radius 1 is 0.680 bits per heavy atom. The second-order valence-corrected chi connectivity index (χ2v) is 5.91. The molecule has 0 bridgehead atoms. The molecule has 4 rings (SSSR count). The maximum absolute atomic E-state index is 13.3. The van der Waals surface area contributed by atoms with E-state index in [1.807, 2.05) is 66.7 Å². The van der Waals surface area contributed by atoms with Crippen molar-refractivity contribution in [3.05, 3.63) is 108 Å². The van der Waals surface area contributed by atoms with Gasteiger partial charge in [-0.2, -0.15) is 0 Å². The number of fused-ring (bicyclic) bond motifs is 1. The zero-order chi connectivity index (χ0) is 17.2. The molecule has 4 aromatic rings. The van der Waals surface area contributed by atoms with Crippen molar-refractivity contribution < 1.29 is 9.18 Å². The Hall–Kier alpha value is -3.26. The van der Waals surface area contributed by atoms with Crippen molar-refractivity contribution >= 4 is 16.6 Å². The van der Waals surface area contributed by atoms with Crippen LogP contribution in [0.1, 0.15) is 15.9 Å². The monoisotopic (exact) mass is 326 g/mol. The lowest BCUT2D eigenvalue weighted by atomic mass is 9.89. The van der Waals surface area contributed by atoms with Gasteiger partial charge in [0, 0.05) is 11.1 Å². The molecule has 0 atom stereocenters. The zero-order valence-corrected chi connectivity index (χ0v) is 13.4. The van der Waals surface area contributed by atoms with Crippen molar-refractivity contribution in [3.8, 4) is 11.1 Å². The number of benzene rings is 4. The van der Waals surface area contributed by atoms with Crippen LogP contribution in [0, 0.1) is 5.82 Å². The van der Waals surface area contributed by atoms with Crippen LogP contribution in [-0.4, -0.2) is 5.78 Å². The minimum absolute atomic E-state index is 0.0308. The summed E-state index contributed by atoms with van der Waals surface area (Å²) in [6.45, 7) is 0. The molecule has 0 unspecified atom stereocenters. The highest BCUT2D eigenvalue weighted by molar-refractivity contribution is 6.20. The fourth-order valence-corrected chi connectivity index (χ4v) is 3.12. The molecule has 0 amide bonds. The molecule has 0 aliphatic heterocycles. The van der Waals surface area contributed by atoms with Crippen LogP contribution in [0.4, 0.5) is 4.39 Å². The first-order chi connectivity index (χ1) is 12.2. The molecule has 0 aliphatic rings. The van der Waals surface area contributed by atoms with Crippen LogP contribution < -0.4 is 0 Å². The van der Waals surface area contributed by atoms with Crippen LogP contribution in [0.2, 0.25) is 0 Å². The van der Waals surface area contributed by atoms with Crippen LogP contribution >= 0.6 is 0 Å². The second kappa shape index (κ2) is 6.33. The molecular formula is C23H15FO. The SMILES string of the molecule is O=C(c1ccccc1)c1c(-c2ccc(F)cc2)ccc2ccccc12. The first-order valence-corrected chi connectivity index (χ1v) is 8.11. The molecule has 0 fully saturated rings. The van der Waals surface area contributed by atoms with Gasteiger partial charge in [0.25, 0.3) is 0 Å². The highest BCUT2D eigenvalue weighted by Crippen LogP contribution is 2.32. The highest BCUT2D eigenvalue weighted by Gasteiger charge is 2.18. The largest absolute Gasteiger partial charge is 0.289 e. The molecule has 0 spiro atoms. The molecular weight excluding hydrogens is 311 g/mol. The molecule has 0 aromatic heterocycles. The van der Waals surface area contributed by atoms with Gasteiger partial charge in [-0.15, -0.1) is 0 Å². The normalized spacial score (nSPS) is 10.8. The van der Waals surface area contributed by atoms with E-state index < -0.39 is 0 Å². The van der Waals surface area contributed by atoms with Gasteiger partial charge in [0.15, 0.2) is 5.78 Å². The minimum Gasteiger partial charge on any atom is -0.289 e. The summed E-state index contributed by atoms with van der Waals surface area (Å²) < 4.78 is 13.3. The van der Waals surface area contributed by atoms with Gasteiger partial charge >= 0.3 is 0 Å². The molecule has 0 saturated heterocycles. The first kappa shape index (κ1) is 15.3. The van der Waals surface area contributed by atoms with E-state index in [4.69, 9.17) is 0 Å². The van der Waals surface area contributed by atoms with Crippen LogP contribution in [0.3, 0.4) is 0 Å². The van der Waals surface area contributed by atoms with Gasteiger partial charge in [0.1, 0.15) is 5.82 Å². The van der Waals surface area contributed by atoms with Gasteiger partial charge in [0.05, 0.1) is 0 Å². The van der Waals surface area contributed by atoms with Crippen LogP contribution in [0.15, 0.2) is 91.0 Å². The van der Waals surface area contributed by atoms with Crippen molar-refractivity contribution in [2.75, 3.05) is 0 Å². The third kappa shape index (κ3) is 2.83. The summed E-state index contributed by atoms with van der Waals surface area (Å²) in [7, 11) is 0. The van der Waals surface area contributed by atoms with Crippen molar-refractivity contribution in [3.63, 3.8) is 0 Å². The fourth-order valence-electron chi connectivity index (χ4n) is 3.12. The van der Waals surface area contributed by atoms with Gasteiger partial charge in [0.2, 0.25) is 0 Å². The zero-order valence-electron chi connectivity index (χ0n) is 13.4. The highest BCUT2D eigenvalue weighted by atomic mass is 19.1. The summed E-state index contributed by atoms with van der Waals surface area (Å²) in [5.41, 5.74) is 2.93. The Labute approximate surface area is 145 Å². The standard InChI is InChI=1S/C23H15FO/c24-19-13-10-17(11-14-19)21-15-12-16-6-4-5-9-20(16)22(21)23(25)18-7-2-1-3-8-18/h1-15H. The van der Waals surface area contributed by atoms with Gasteiger partial charge in [-0.1, -0.05) is 78.9 Å². The molecule has 0 saturated carbocycles. The van der Waals surface area contributed by atoms with Gasteiger partial charge in [-0.3, -0.25) is 4.79 Å². The number of carbonyl (C=O) groups excluding carboxylic acids is 1. The Balaban J connectivity index is 2.00. The van der Waals surface area contributed by atoms with E-state index in [0.717, 1.165) is 21.9 Å². The number of hydrogen-bond donors (Lipinski definition) is 0. The Kier molecular flexibility index (Phi) is 3.87. The van der Waals surface area contributed by atoms with Crippen molar-refractivity contribution in [2.45, 2.75) is 0 Å². The molecule has 120 valence electrons. The predicted molar refractivity (Wildman–Crippen MR) is 99.2 cm³/mol. The van der Waals surface area contributed by atoms with E-state index in [-0.39, 0.29) is 11.6 Å². The van der Waals surface area contributed by atoms with Crippen molar-refractivity contribution in [1.29, 1.82) is 0 Å². The molecule has 25 heavy (non-hydrogen) atoms. The third-order valence-electron chi connectivity index (χ3n) is 4.35. The molecule has 0 heterocycles. The quantitative estimate of drug-likeness (QED) is 0.430. The number of hydrogen-bond acceptors (Lipinski definition) is 1. The summed E-state index contributed by atoms with van der Waals surface area (Å²) in [5.74, 6) is -0.322. The number of halogens is 1. The first-order valence-electron chi connectivity index (χ1n) is 8.11. The fraction of sp³-hybridized carbons (Fsp3) is 0. The Morgan fingerprint density at radius 3 is 2.12 bits per heavy atom. The van der Waals surface area contributed by atoms with Crippen molar-refractivity contribution in [1.82, 2.24) is 0 Å². The third-order valence-corrected chi connectivity index (χ3v) is 4.35. The maximum atomic E-state index is 13.3. The molecule has 1 nitrogen and oxygen atoms in total. The van der Waals surface area contributed by atoms with Crippen LogP contribution in [0.25, 0.3) is 21.9 Å². The lowest BCUT2D eigenvalue weighted by Gasteiger charge is -2.13. The van der Waals surface area contributed by atoms with E-state index in [0.29, 0.717) is 11.1 Å². The molecule has 0 radical (unpaired) electrons. The maximum Gasteiger partial charge on any atom is 0.194 e. The Morgan fingerprint density at radius 2 is 1.36 bits per heavy atom. The van der Waals surface area contributed by atoms with E-state index in [2.05, 4.69) is 0 Å².